The predicted octanol–water partition coefficient (Wildman–Crippen LogP) is 4.01. The Hall–Kier alpha value is -1.78. The fourth-order valence-electron chi connectivity index (χ4n) is 3.55. The van der Waals surface area contributed by atoms with Crippen molar-refractivity contribution in [3.63, 3.8) is 0 Å². The number of ether oxygens (including phenoxy) is 1. The van der Waals surface area contributed by atoms with E-state index in [1.54, 1.807) is 0 Å². The highest BCUT2D eigenvalue weighted by Gasteiger charge is 2.25. The molecule has 1 aliphatic heterocycles. The smallest absolute Gasteiger partial charge is 0.222 e. The molecule has 0 radical (unpaired) electrons. The van der Waals surface area contributed by atoms with E-state index in [1.807, 2.05) is 36.1 Å². The van der Waals surface area contributed by atoms with Crippen LogP contribution in [-0.4, -0.2) is 36.5 Å². The molecule has 1 amide bonds. The first kappa shape index (κ1) is 20.5. The summed E-state index contributed by atoms with van der Waals surface area (Å²) in [6.45, 7) is 4.27. The molecule has 0 aromatic heterocycles. The van der Waals surface area contributed by atoms with Gasteiger partial charge in [-0.25, -0.2) is 0 Å². The zero-order valence-corrected chi connectivity index (χ0v) is 16.2. The number of hydrogen-bond donors (Lipinski definition) is 1. The lowest BCUT2D eigenvalue weighted by molar-refractivity contribution is -0.133. The fourth-order valence-corrected chi connectivity index (χ4v) is 3.55. The molecule has 2 atom stereocenters. The van der Waals surface area contributed by atoms with Gasteiger partial charge in [-0.2, -0.15) is 0 Å². The molecular weight excluding hydrogens is 348 g/mol. The second-order valence-electron chi connectivity index (χ2n) is 7.03. The molecule has 1 saturated heterocycles. The number of nitrogens with zero attached hydrogens (tertiary/aromatic N) is 1. The Bertz CT molecular complexity index is 715. The third kappa shape index (κ3) is 5.12. The molecule has 2 aromatic carbocycles. The molecule has 142 valence electrons. The summed E-state index contributed by atoms with van der Waals surface area (Å²) in [5.74, 6) is 1.55. The van der Waals surface area contributed by atoms with Crippen molar-refractivity contribution >= 4 is 29.1 Å². The van der Waals surface area contributed by atoms with Gasteiger partial charge in [0.25, 0.3) is 0 Å². The number of halogens is 1. The highest BCUT2D eigenvalue weighted by atomic mass is 35.5. The van der Waals surface area contributed by atoms with E-state index in [2.05, 4.69) is 18.2 Å². The summed E-state index contributed by atoms with van der Waals surface area (Å²) in [5.41, 5.74) is 6.00. The largest absolute Gasteiger partial charge is 0.493 e. The summed E-state index contributed by atoms with van der Waals surface area (Å²) in [5, 5.41) is 2.29. The van der Waals surface area contributed by atoms with E-state index < -0.39 is 0 Å². The van der Waals surface area contributed by atoms with Crippen LogP contribution in [0.3, 0.4) is 0 Å². The summed E-state index contributed by atoms with van der Waals surface area (Å²) in [6, 6.07) is 14.4. The number of likely N-dealkylation sites (tertiary alicyclic amines) is 1. The molecule has 3 rings (SSSR count). The Labute approximate surface area is 162 Å². The van der Waals surface area contributed by atoms with E-state index >= 15 is 0 Å². The molecule has 4 nitrogen and oxygen atoms in total. The lowest BCUT2D eigenvalue weighted by atomic mass is 9.92. The number of carbonyl (C=O) groups excluding carboxylic acids is 1. The van der Waals surface area contributed by atoms with Crippen molar-refractivity contribution in [3.05, 3.63) is 42.5 Å². The van der Waals surface area contributed by atoms with Gasteiger partial charge in [0.1, 0.15) is 5.75 Å². The summed E-state index contributed by atoms with van der Waals surface area (Å²) in [4.78, 5) is 14.4. The third-order valence-corrected chi connectivity index (χ3v) is 5.10. The first-order valence-electron chi connectivity index (χ1n) is 9.29. The summed E-state index contributed by atoms with van der Waals surface area (Å²) in [7, 11) is 0. The number of carbonyl (C=O) groups is 1. The van der Waals surface area contributed by atoms with Gasteiger partial charge in [-0.05, 0) is 43.6 Å². The van der Waals surface area contributed by atoms with Crippen molar-refractivity contribution in [3.8, 4) is 5.75 Å². The van der Waals surface area contributed by atoms with Gasteiger partial charge in [0.2, 0.25) is 5.91 Å². The third-order valence-electron chi connectivity index (χ3n) is 5.10. The number of amides is 1. The van der Waals surface area contributed by atoms with E-state index in [9.17, 15) is 4.79 Å². The molecule has 0 aliphatic carbocycles. The van der Waals surface area contributed by atoms with Crippen LogP contribution in [0.4, 0.5) is 0 Å². The highest BCUT2D eigenvalue weighted by Crippen LogP contribution is 2.25. The molecule has 0 spiro atoms. The number of rotatable bonds is 6. The standard InChI is InChI=1S/C21H28N2O2.ClH/c1-16(22)18-9-5-13-23(15-18)21(24)12-6-14-25-20-11-4-8-17-7-2-3-10-19(17)20;/h2-4,7-8,10-11,16,18H,5-6,9,12-15,22H2,1H3;1H. The molecular formula is C21H29ClN2O2. The molecule has 1 fully saturated rings. The lowest BCUT2D eigenvalue weighted by Gasteiger charge is -2.34. The van der Waals surface area contributed by atoms with Gasteiger partial charge in [-0.1, -0.05) is 36.4 Å². The molecule has 0 saturated carbocycles. The van der Waals surface area contributed by atoms with Crippen LogP contribution < -0.4 is 10.5 Å². The molecule has 5 heteroatoms. The lowest BCUT2D eigenvalue weighted by Crippen LogP contribution is -2.45. The van der Waals surface area contributed by atoms with E-state index in [0.29, 0.717) is 18.9 Å². The Kier molecular flexibility index (Phi) is 7.73. The van der Waals surface area contributed by atoms with Gasteiger partial charge in [0.05, 0.1) is 6.61 Å². The topological polar surface area (TPSA) is 55.6 Å². The van der Waals surface area contributed by atoms with Crippen molar-refractivity contribution < 1.29 is 9.53 Å². The summed E-state index contributed by atoms with van der Waals surface area (Å²) >= 11 is 0. The normalized spacial score (nSPS) is 18.2. The van der Waals surface area contributed by atoms with E-state index in [1.165, 1.54) is 5.39 Å². The van der Waals surface area contributed by atoms with Crippen molar-refractivity contribution in [2.45, 2.75) is 38.6 Å². The van der Waals surface area contributed by atoms with E-state index in [4.69, 9.17) is 10.5 Å². The molecule has 1 heterocycles. The molecule has 0 bridgehead atoms. The maximum atomic E-state index is 12.4. The average molecular weight is 377 g/mol. The van der Waals surface area contributed by atoms with Crippen LogP contribution in [0.25, 0.3) is 10.8 Å². The van der Waals surface area contributed by atoms with E-state index in [-0.39, 0.29) is 24.4 Å². The second kappa shape index (κ2) is 9.79. The molecule has 2 aromatic rings. The summed E-state index contributed by atoms with van der Waals surface area (Å²) < 4.78 is 5.93. The maximum absolute atomic E-state index is 12.4. The van der Waals surface area contributed by atoms with Gasteiger partial charge in [0.15, 0.2) is 0 Å². The van der Waals surface area contributed by atoms with Gasteiger partial charge in [0, 0.05) is 30.9 Å². The molecule has 26 heavy (non-hydrogen) atoms. The second-order valence-corrected chi connectivity index (χ2v) is 7.03. The van der Waals surface area contributed by atoms with Crippen LogP contribution >= 0.6 is 12.4 Å². The van der Waals surface area contributed by atoms with Crippen LogP contribution in [0.15, 0.2) is 42.5 Å². The van der Waals surface area contributed by atoms with Gasteiger partial charge >= 0.3 is 0 Å². The SMILES string of the molecule is CC(N)C1CCCN(C(=O)CCCOc2cccc3ccccc23)C1.Cl. The quantitative estimate of drug-likeness (QED) is 0.775. The molecule has 2 N–H and O–H groups in total. The minimum atomic E-state index is 0. The molecule has 1 aliphatic rings. The average Bonchev–Trinajstić information content (AvgIpc) is 2.65. The maximum Gasteiger partial charge on any atom is 0.222 e. The van der Waals surface area contributed by atoms with E-state index in [0.717, 1.165) is 43.5 Å². The van der Waals surface area contributed by atoms with Gasteiger partial charge in [-0.15, -0.1) is 12.4 Å². The Balaban J connectivity index is 0.00000243. The first-order chi connectivity index (χ1) is 12.1. The van der Waals surface area contributed by atoms with Crippen LogP contribution in [0, 0.1) is 5.92 Å². The van der Waals surface area contributed by atoms with Crippen LogP contribution in [0.2, 0.25) is 0 Å². The minimum Gasteiger partial charge on any atom is -0.493 e. The number of benzene rings is 2. The number of piperidine rings is 1. The number of hydrogen-bond acceptors (Lipinski definition) is 3. The van der Waals surface area contributed by atoms with Crippen molar-refractivity contribution in [2.75, 3.05) is 19.7 Å². The fraction of sp³-hybridized carbons (Fsp3) is 0.476. The van der Waals surface area contributed by atoms with Gasteiger partial charge in [-0.3, -0.25) is 4.79 Å². The monoisotopic (exact) mass is 376 g/mol. The Morgan fingerprint density at radius 3 is 2.85 bits per heavy atom. The van der Waals surface area contributed by atoms with Crippen molar-refractivity contribution in [1.29, 1.82) is 0 Å². The first-order valence-corrected chi connectivity index (χ1v) is 9.29. The highest BCUT2D eigenvalue weighted by molar-refractivity contribution is 5.88. The van der Waals surface area contributed by atoms with Crippen LogP contribution in [0.1, 0.15) is 32.6 Å². The summed E-state index contributed by atoms with van der Waals surface area (Å²) in [6.07, 6.45) is 3.47. The van der Waals surface area contributed by atoms with Crippen molar-refractivity contribution in [2.24, 2.45) is 11.7 Å². The Morgan fingerprint density at radius 1 is 1.27 bits per heavy atom. The predicted molar refractivity (Wildman–Crippen MR) is 109 cm³/mol. The molecule has 2 unspecified atom stereocenters. The van der Waals surface area contributed by atoms with Gasteiger partial charge < -0.3 is 15.4 Å². The minimum absolute atomic E-state index is 0. The Morgan fingerprint density at radius 2 is 2.04 bits per heavy atom. The number of nitrogens with two attached hydrogens (primary N) is 1. The number of fused-ring (bicyclic) bond motifs is 1. The van der Waals surface area contributed by atoms with Crippen molar-refractivity contribution in [1.82, 2.24) is 4.90 Å². The van der Waals surface area contributed by atoms with Crippen LogP contribution in [0.5, 0.6) is 5.75 Å². The zero-order chi connectivity index (χ0) is 17.6. The zero-order valence-electron chi connectivity index (χ0n) is 15.4. The van der Waals surface area contributed by atoms with Crippen LogP contribution in [-0.2, 0) is 4.79 Å².